The first-order valence-electron chi connectivity index (χ1n) is 8.05. The number of hydrogen-bond donors (Lipinski definition) is 0. The first kappa shape index (κ1) is 18.5. The summed E-state index contributed by atoms with van der Waals surface area (Å²) in [4.78, 5) is 41.7. The second kappa shape index (κ2) is 6.96. The van der Waals surface area contributed by atoms with Crippen LogP contribution in [0.1, 0.15) is 26.0 Å². The molecule has 0 N–H and O–H groups in total. The smallest absolute Gasteiger partial charge is 0.319 e. The molecule has 3 amide bonds. The monoisotopic (exact) mass is 354 g/mol. The molecule has 0 aliphatic carbocycles. The summed E-state index contributed by atoms with van der Waals surface area (Å²) < 4.78 is 1.64. The molecule has 0 saturated carbocycles. The van der Waals surface area contributed by atoms with Crippen LogP contribution in [-0.2, 0) is 11.3 Å². The van der Waals surface area contributed by atoms with Crippen LogP contribution < -0.4 is 4.87 Å². The summed E-state index contributed by atoms with van der Waals surface area (Å²) in [5.74, 6) is 0.0226. The van der Waals surface area contributed by atoms with Gasteiger partial charge in [-0.05, 0) is 20.8 Å². The number of thiazole rings is 1. The third-order valence-corrected chi connectivity index (χ3v) is 5.26. The lowest BCUT2D eigenvalue weighted by molar-refractivity contribution is -0.140. The number of carbonyl (C=O) groups is 2. The lowest BCUT2D eigenvalue weighted by Gasteiger charge is -2.47. The average Bonchev–Trinajstić information content (AvgIpc) is 2.81. The van der Waals surface area contributed by atoms with E-state index in [0.717, 1.165) is 17.0 Å². The molecule has 0 radical (unpaired) electrons. The number of aryl methyl sites for hydroxylation is 1. The molecule has 1 aliphatic rings. The van der Waals surface area contributed by atoms with Gasteiger partial charge in [-0.1, -0.05) is 11.3 Å². The third kappa shape index (κ3) is 3.80. The van der Waals surface area contributed by atoms with Crippen LogP contribution in [0.15, 0.2) is 10.2 Å². The van der Waals surface area contributed by atoms with Crippen molar-refractivity contribution in [3.63, 3.8) is 0 Å². The van der Waals surface area contributed by atoms with Crippen LogP contribution in [0.2, 0.25) is 0 Å². The van der Waals surface area contributed by atoms with Crippen molar-refractivity contribution < 1.29 is 9.59 Å². The molecule has 0 spiro atoms. The van der Waals surface area contributed by atoms with E-state index in [1.165, 1.54) is 0 Å². The maximum absolute atomic E-state index is 12.6. The molecule has 134 valence electrons. The van der Waals surface area contributed by atoms with E-state index in [-0.39, 0.29) is 16.8 Å². The Morgan fingerprint density at radius 3 is 2.46 bits per heavy atom. The summed E-state index contributed by atoms with van der Waals surface area (Å²) in [6.07, 6.45) is 0.294. The zero-order chi connectivity index (χ0) is 18.1. The highest BCUT2D eigenvalue weighted by Gasteiger charge is 2.38. The van der Waals surface area contributed by atoms with Crippen molar-refractivity contribution in [3.05, 3.63) is 20.7 Å². The number of hydrogen-bond acceptors (Lipinski definition) is 4. The molecule has 1 aliphatic heterocycles. The summed E-state index contributed by atoms with van der Waals surface area (Å²) in [5.41, 5.74) is 0.466. The molecular formula is C16H26N4O3S. The summed E-state index contributed by atoms with van der Waals surface area (Å²) in [7, 11) is 3.46. The van der Waals surface area contributed by atoms with Crippen LogP contribution in [0.3, 0.4) is 0 Å². The maximum atomic E-state index is 12.6. The van der Waals surface area contributed by atoms with E-state index >= 15 is 0 Å². The van der Waals surface area contributed by atoms with Gasteiger partial charge in [-0.15, -0.1) is 0 Å². The van der Waals surface area contributed by atoms with Crippen LogP contribution in [-0.4, -0.2) is 70.5 Å². The molecule has 1 aromatic rings. The van der Waals surface area contributed by atoms with Gasteiger partial charge in [0.05, 0.1) is 5.54 Å². The lowest BCUT2D eigenvalue weighted by Crippen LogP contribution is -2.63. The molecule has 24 heavy (non-hydrogen) atoms. The molecule has 7 nitrogen and oxygen atoms in total. The first-order valence-corrected chi connectivity index (χ1v) is 8.93. The summed E-state index contributed by atoms with van der Waals surface area (Å²) >= 11 is 1.16. The van der Waals surface area contributed by atoms with Gasteiger partial charge in [0.1, 0.15) is 0 Å². The highest BCUT2D eigenvalue weighted by atomic mass is 32.1. The Balaban J connectivity index is 2.00. The maximum Gasteiger partial charge on any atom is 0.319 e. The standard InChI is InChI=1S/C16H26N4O3S/c1-12-10-24-15(23)19(12)7-6-13(21)20-9-8-18(11-16(20,2)3)14(22)17(4)5/h10H,6-9,11H2,1-5H3. The largest absolute Gasteiger partial charge is 0.334 e. The molecule has 1 saturated heterocycles. The molecular weight excluding hydrogens is 328 g/mol. The fourth-order valence-corrected chi connectivity index (χ4v) is 3.84. The minimum absolute atomic E-state index is 0.0226. The molecule has 8 heteroatoms. The fraction of sp³-hybridized carbons (Fsp3) is 0.688. The highest BCUT2D eigenvalue weighted by molar-refractivity contribution is 7.07. The molecule has 0 bridgehead atoms. The number of piperazine rings is 1. The SMILES string of the molecule is Cc1csc(=O)n1CCC(=O)N1CCN(C(=O)N(C)C)CC1(C)C. The van der Waals surface area contributed by atoms with Crippen molar-refractivity contribution in [1.29, 1.82) is 0 Å². The minimum Gasteiger partial charge on any atom is -0.334 e. The molecule has 2 heterocycles. The van der Waals surface area contributed by atoms with E-state index < -0.39 is 5.54 Å². The van der Waals surface area contributed by atoms with Crippen molar-refractivity contribution in [2.45, 2.75) is 39.3 Å². The van der Waals surface area contributed by atoms with Gasteiger partial charge in [-0.2, -0.15) is 0 Å². The minimum atomic E-state index is -0.421. The Labute approximate surface area is 146 Å². The van der Waals surface area contributed by atoms with Crippen LogP contribution in [0.25, 0.3) is 0 Å². The Morgan fingerprint density at radius 1 is 1.29 bits per heavy atom. The van der Waals surface area contributed by atoms with Crippen LogP contribution in [0.4, 0.5) is 4.79 Å². The van der Waals surface area contributed by atoms with Crippen molar-refractivity contribution in [1.82, 2.24) is 19.3 Å². The first-order chi connectivity index (χ1) is 11.1. The fourth-order valence-electron chi connectivity index (χ4n) is 3.08. The topological polar surface area (TPSA) is 65.9 Å². The summed E-state index contributed by atoms with van der Waals surface area (Å²) in [5, 5.41) is 1.81. The quantitative estimate of drug-likeness (QED) is 0.820. The predicted octanol–water partition coefficient (Wildman–Crippen LogP) is 1.21. The predicted molar refractivity (Wildman–Crippen MR) is 94.4 cm³/mol. The second-order valence-corrected chi connectivity index (χ2v) is 7.82. The Bertz CT molecular complexity index is 677. The molecule has 0 atom stereocenters. The lowest BCUT2D eigenvalue weighted by atomic mass is 9.98. The van der Waals surface area contributed by atoms with Gasteiger partial charge in [-0.25, -0.2) is 4.79 Å². The highest BCUT2D eigenvalue weighted by Crippen LogP contribution is 2.22. The van der Waals surface area contributed by atoms with Gasteiger partial charge in [0, 0.05) is 57.8 Å². The van der Waals surface area contributed by atoms with Crippen LogP contribution >= 0.6 is 11.3 Å². The average molecular weight is 354 g/mol. The van der Waals surface area contributed by atoms with Crippen LogP contribution in [0, 0.1) is 6.92 Å². The van der Waals surface area contributed by atoms with Crippen LogP contribution in [0.5, 0.6) is 0 Å². The van der Waals surface area contributed by atoms with Gasteiger partial charge >= 0.3 is 10.9 Å². The van der Waals surface area contributed by atoms with E-state index in [1.807, 2.05) is 31.1 Å². The molecule has 2 rings (SSSR count). The van der Waals surface area contributed by atoms with E-state index in [4.69, 9.17) is 0 Å². The Kier molecular flexibility index (Phi) is 5.37. The number of urea groups is 1. The van der Waals surface area contributed by atoms with E-state index in [0.29, 0.717) is 32.6 Å². The van der Waals surface area contributed by atoms with E-state index in [1.54, 1.807) is 28.5 Å². The Morgan fingerprint density at radius 2 is 1.96 bits per heavy atom. The number of amides is 3. The number of nitrogens with zero attached hydrogens (tertiary/aromatic N) is 4. The zero-order valence-electron chi connectivity index (χ0n) is 15.0. The zero-order valence-corrected chi connectivity index (χ0v) is 15.9. The third-order valence-electron chi connectivity index (χ3n) is 4.38. The van der Waals surface area contributed by atoms with Gasteiger partial charge in [0.15, 0.2) is 0 Å². The number of carbonyl (C=O) groups excluding carboxylic acids is 2. The Hall–Kier alpha value is -1.83. The van der Waals surface area contributed by atoms with Crippen molar-refractivity contribution >= 4 is 23.3 Å². The van der Waals surface area contributed by atoms with Gasteiger partial charge in [-0.3, -0.25) is 9.59 Å². The molecule has 1 fully saturated rings. The number of aromatic nitrogens is 1. The van der Waals surface area contributed by atoms with Gasteiger partial charge in [0.25, 0.3) is 0 Å². The molecule has 1 aromatic heterocycles. The van der Waals surface area contributed by atoms with Gasteiger partial charge < -0.3 is 19.3 Å². The summed E-state index contributed by atoms with van der Waals surface area (Å²) in [6.45, 7) is 7.78. The summed E-state index contributed by atoms with van der Waals surface area (Å²) in [6, 6.07) is -0.0318. The second-order valence-electron chi connectivity index (χ2n) is 7.00. The molecule has 0 unspecified atom stereocenters. The van der Waals surface area contributed by atoms with E-state index in [9.17, 15) is 14.4 Å². The van der Waals surface area contributed by atoms with Gasteiger partial charge in [0.2, 0.25) is 5.91 Å². The number of rotatable bonds is 3. The van der Waals surface area contributed by atoms with Crippen molar-refractivity contribution in [2.24, 2.45) is 0 Å². The molecule has 0 aromatic carbocycles. The van der Waals surface area contributed by atoms with Crippen molar-refractivity contribution in [3.8, 4) is 0 Å². The van der Waals surface area contributed by atoms with Crippen molar-refractivity contribution in [2.75, 3.05) is 33.7 Å². The van der Waals surface area contributed by atoms with E-state index in [2.05, 4.69) is 0 Å². The normalized spacial score (nSPS) is 17.0.